The minimum absolute atomic E-state index is 0.100. The number of hydrogen-bond acceptors (Lipinski definition) is 3. The molecule has 7 heteroatoms. The molecule has 0 spiro atoms. The summed E-state index contributed by atoms with van der Waals surface area (Å²) in [5, 5.41) is 20.4. The van der Waals surface area contributed by atoms with Crippen molar-refractivity contribution >= 4 is 18.5 Å². The van der Waals surface area contributed by atoms with Crippen LogP contribution in [-0.4, -0.2) is 23.1 Å². The molecule has 0 heterocycles. The first-order valence-electron chi connectivity index (χ1n) is 6.17. The van der Waals surface area contributed by atoms with Gasteiger partial charge in [-0.1, -0.05) is 30.3 Å². The van der Waals surface area contributed by atoms with Gasteiger partial charge in [-0.3, -0.25) is 4.79 Å². The van der Waals surface area contributed by atoms with E-state index in [9.17, 15) is 13.6 Å². The van der Waals surface area contributed by atoms with Gasteiger partial charge in [0.25, 0.3) is 5.91 Å². The Balaban J connectivity index is 2.15. The SMILES string of the molecule is O=C(NCc1ccccc1F)c1cccc(B(O)O)c1F. The van der Waals surface area contributed by atoms with Gasteiger partial charge in [0.15, 0.2) is 0 Å². The highest BCUT2D eigenvalue weighted by molar-refractivity contribution is 6.58. The van der Waals surface area contributed by atoms with E-state index in [4.69, 9.17) is 10.0 Å². The minimum Gasteiger partial charge on any atom is -0.423 e. The average Bonchev–Trinajstić information content (AvgIpc) is 2.46. The maximum Gasteiger partial charge on any atom is 0.491 e. The summed E-state index contributed by atoms with van der Waals surface area (Å²) < 4.78 is 27.3. The van der Waals surface area contributed by atoms with E-state index in [0.717, 1.165) is 6.07 Å². The van der Waals surface area contributed by atoms with Gasteiger partial charge in [0.05, 0.1) is 5.56 Å². The smallest absolute Gasteiger partial charge is 0.423 e. The third-order valence-electron chi connectivity index (χ3n) is 2.95. The molecule has 0 radical (unpaired) electrons. The van der Waals surface area contributed by atoms with Crippen LogP contribution in [0.25, 0.3) is 0 Å². The number of carbonyl (C=O) groups excluding carboxylic acids is 1. The molecule has 0 aliphatic carbocycles. The summed E-state index contributed by atoms with van der Waals surface area (Å²) in [7, 11) is -2.01. The van der Waals surface area contributed by atoms with Gasteiger partial charge in [-0.25, -0.2) is 8.78 Å². The van der Waals surface area contributed by atoms with Crippen LogP contribution in [0, 0.1) is 11.6 Å². The van der Waals surface area contributed by atoms with Crippen LogP contribution < -0.4 is 10.8 Å². The lowest BCUT2D eigenvalue weighted by atomic mass is 9.79. The molecule has 108 valence electrons. The third kappa shape index (κ3) is 3.45. The highest BCUT2D eigenvalue weighted by atomic mass is 19.1. The summed E-state index contributed by atoms with van der Waals surface area (Å²) in [4.78, 5) is 11.9. The number of hydrogen-bond donors (Lipinski definition) is 3. The topological polar surface area (TPSA) is 69.6 Å². The maximum atomic E-state index is 13.9. The molecule has 2 aromatic carbocycles. The minimum atomic E-state index is -2.01. The van der Waals surface area contributed by atoms with Crippen LogP contribution in [0.15, 0.2) is 42.5 Å². The molecule has 0 atom stereocenters. The van der Waals surface area contributed by atoms with Crippen LogP contribution in [0.2, 0.25) is 0 Å². The predicted octanol–water partition coefficient (Wildman–Crippen LogP) is 0.575. The number of halogens is 2. The van der Waals surface area contributed by atoms with E-state index < -0.39 is 30.1 Å². The maximum absolute atomic E-state index is 13.9. The average molecular weight is 291 g/mol. The van der Waals surface area contributed by atoms with Gasteiger partial charge in [-0.05, 0) is 12.1 Å². The number of amides is 1. The summed E-state index contributed by atoms with van der Waals surface area (Å²) >= 11 is 0. The van der Waals surface area contributed by atoms with Crippen LogP contribution in [0.1, 0.15) is 15.9 Å². The molecule has 0 aliphatic heterocycles. The van der Waals surface area contributed by atoms with E-state index in [1.54, 1.807) is 6.07 Å². The normalized spacial score (nSPS) is 10.3. The Kier molecular flexibility index (Phi) is 4.67. The largest absolute Gasteiger partial charge is 0.491 e. The second kappa shape index (κ2) is 6.47. The molecule has 0 bridgehead atoms. The number of carbonyl (C=O) groups is 1. The van der Waals surface area contributed by atoms with Crippen LogP contribution >= 0.6 is 0 Å². The van der Waals surface area contributed by atoms with E-state index in [1.807, 2.05) is 0 Å². The van der Waals surface area contributed by atoms with Gasteiger partial charge in [-0.2, -0.15) is 0 Å². The summed E-state index contributed by atoms with van der Waals surface area (Å²) in [6.07, 6.45) is 0. The van der Waals surface area contributed by atoms with E-state index >= 15 is 0 Å². The molecule has 0 aliphatic rings. The van der Waals surface area contributed by atoms with Crippen molar-refractivity contribution in [3.8, 4) is 0 Å². The van der Waals surface area contributed by atoms with Crippen molar-refractivity contribution < 1.29 is 23.6 Å². The Labute approximate surface area is 120 Å². The first-order chi connectivity index (χ1) is 10.0. The van der Waals surface area contributed by atoms with Crippen molar-refractivity contribution in [1.82, 2.24) is 5.32 Å². The number of nitrogens with one attached hydrogen (secondary N) is 1. The molecule has 2 aromatic rings. The monoisotopic (exact) mass is 291 g/mol. The summed E-state index contributed by atoms with van der Waals surface area (Å²) in [6, 6.07) is 9.59. The molecule has 1 amide bonds. The summed E-state index contributed by atoms with van der Waals surface area (Å²) in [6.45, 7) is -0.100. The van der Waals surface area contributed by atoms with Gasteiger partial charge in [0.2, 0.25) is 0 Å². The first-order valence-corrected chi connectivity index (χ1v) is 6.17. The van der Waals surface area contributed by atoms with Crippen LogP contribution in [0.3, 0.4) is 0 Å². The van der Waals surface area contributed by atoms with E-state index in [1.165, 1.54) is 30.3 Å². The fourth-order valence-corrected chi connectivity index (χ4v) is 1.84. The number of rotatable bonds is 4. The van der Waals surface area contributed by atoms with Crippen molar-refractivity contribution in [2.45, 2.75) is 6.54 Å². The lowest BCUT2D eigenvalue weighted by molar-refractivity contribution is 0.0947. The van der Waals surface area contributed by atoms with E-state index in [0.29, 0.717) is 0 Å². The summed E-state index contributed by atoms with van der Waals surface area (Å²) in [5.41, 5.74) is -0.463. The van der Waals surface area contributed by atoms with Gasteiger partial charge >= 0.3 is 7.12 Å². The zero-order chi connectivity index (χ0) is 15.4. The quantitative estimate of drug-likeness (QED) is 0.722. The fourth-order valence-electron chi connectivity index (χ4n) is 1.84. The first kappa shape index (κ1) is 15.1. The Bertz CT molecular complexity index is 664. The molecule has 0 aromatic heterocycles. The predicted molar refractivity (Wildman–Crippen MR) is 73.8 cm³/mol. The highest BCUT2D eigenvalue weighted by Gasteiger charge is 2.21. The fraction of sp³-hybridized carbons (Fsp3) is 0.0714. The Hall–Kier alpha value is -2.25. The van der Waals surface area contributed by atoms with Crippen LogP contribution in [0.4, 0.5) is 8.78 Å². The molecule has 4 nitrogen and oxygen atoms in total. The molecule has 0 unspecified atom stereocenters. The standard InChI is InChI=1S/C14H12BF2NO3/c16-12-7-2-1-4-9(12)8-18-14(19)10-5-3-6-11(13(10)17)15(20)21/h1-7,20-21H,8H2,(H,18,19). The third-order valence-corrected chi connectivity index (χ3v) is 2.95. The Morgan fingerprint density at radius 3 is 2.48 bits per heavy atom. The van der Waals surface area contributed by atoms with Gasteiger partial charge in [-0.15, -0.1) is 0 Å². The second-order valence-electron chi connectivity index (χ2n) is 4.36. The van der Waals surface area contributed by atoms with Crippen molar-refractivity contribution in [2.75, 3.05) is 0 Å². The molecule has 21 heavy (non-hydrogen) atoms. The zero-order valence-electron chi connectivity index (χ0n) is 10.9. The molecule has 0 saturated heterocycles. The van der Waals surface area contributed by atoms with Crippen molar-refractivity contribution in [2.24, 2.45) is 0 Å². The molecule has 0 saturated carbocycles. The lowest BCUT2D eigenvalue weighted by Crippen LogP contribution is -2.35. The Morgan fingerprint density at radius 1 is 1.10 bits per heavy atom. The van der Waals surface area contributed by atoms with Crippen LogP contribution in [0.5, 0.6) is 0 Å². The highest BCUT2D eigenvalue weighted by Crippen LogP contribution is 2.08. The summed E-state index contributed by atoms with van der Waals surface area (Å²) in [5.74, 6) is -2.26. The molecule has 3 N–H and O–H groups in total. The lowest BCUT2D eigenvalue weighted by Gasteiger charge is -2.09. The van der Waals surface area contributed by atoms with Gasteiger partial charge in [0, 0.05) is 17.6 Å². The zero-order valence-corrected chi connectivity index (χ0v) is 10.9. The van der Waals surface area contributed by atoms with Gasteiger partial charge < -0.3 is 15.4 Å². The van der Waals surface area contributed by atoms with E-state index in [-0.39, 0.29) is 17.7 Å². The van der Waals surface area contributed by atoms with Crippen molar-refractivity contribution in [3.05, 3.63) is 65.2 Å². The molecule has 0 fully saturated rings. The number of benzene rings is 2. The van der Waals surface area contributed by atoms with Crippen molar-refractivity contribution in [3.63, 3.8) is 0 Å². The van der Waals surface area contributed by atoms with Crippen molar-refractivity contribution in [1.29, 1.82) is 0 Å². The van der Waals surface area contributed by atoms with Gasteiger partial charge in [0.1, 0.15) is 11.6 Å². The second-order valence-corrected chi connectivity index (χ2v) is 4.36. The molecular formula is C14H12BF2NO3. The molecular weight excluding hydrogens is 279 g/mol. The Morgan fingerprint density at radius 2 is 1.81 bits per heavy atom. The van der Waals surface area contributed by atoms with E-state index in [2.05, 4.69) is 5.32 Å². The molecule has 2 rings (SSSR count). The van der Waals surface area contributed by atoms with Crippen LogP contribution in [-0.2, 0) is 6.54 Å².